The van der Waals surface area contributed by atoms with Crippen LogP contribution in [-0.2, 0) is 0 Å². The van der Waals surface area contributed by atoms with Gasteiger partial charge in [0.15, 0.2) is 0 Å². The number of aliphatic hydroxyl groups excluding tert-OH is 1. The molecular weight excluding hydrogens is 242 g/mol. The number of pyridine rings is 1. The Morgan fingerprint density at radius 2 is 2.37 bits per heavy atom. The van der Waals surface area contributed by atoms with Crippen molar-refractivity contribution in [2.24, 2.45) is 0 Å². The Morgan fingerprint density at radius 1 is 1.58 bits per heavy atom. The first kappa shape index (κ1) is 13.8. The van der Waals surface area contributed by atoms with Crippen LogP contribution in [0.1, 0.15) is 36.0 Å². The average molecular weight is 263 g/mol. The summed E-state index contributed by atoms with van der Waals surface area (Å²) in [6, 6.07) is 2.13. The van der Waals surface area contributed by atoms with Crippen LogP contribution in [0.2, 0.25) is 0 Å². The Bertz CT molecular complexity index is 432. The van der Waals surface area contributed by atoms with E-state index >= 15 is 0 Å². The van der Waals surface area contributed by atoms with Crippen molar-refractivity contribution < 1.29 is 9.90 Å². The molecule has 0 aromatic carbocycles. The molecule has 0 saturated heterocycles. The molecule has 0 aliphatic heterocycles. The van der Waals surface area contributed by atoms with Crippen LogP contribution < -0.4 is 5.32 Å². The lowest BCUT2D eigenvalue weighted by Gasteiger charge is -2.37. The van der Waals surface area contributed by atoms with Crippen LogP contribution in [0, 0.1) is 0 Å². The standard InChI is InChI=1S/C14H21N3O2/c1-15-13-6-7-16-10-12(13)14(19)17(8-3-9-18)11-4-2-5-11/h6-7,10-11,18H,2-5,8-9H2,1H3,(H,15,16). The van der Waals surface area contributed by atoms with Gasteiger partial charge in [0, 0.05) is 44.3 Å². The van der Waals surface area contributed by atoms with Gasteiger partial charge in [-0.05, 0) is 31.7 Å². The molecule has 1 aromatic rings. The minimum atomic E-state index is 0.00981. The van der Waals surface area contributed by atoms with Crippen molar-refractivity contribution in [3.05, 3.63) is 24.0 Å². The molecule has 0 atom stereocenters. The van der Waals surface area contributed by atoms with Crippen molar-refractivity contribution >= 4 is 11.6 Å². The van der Waals surface area contributed by atoms with Crippen LogP contribution in [0.25, 0.3) is 0 Å². The van der Waals surface area contributed by atoms with Crippen molar-refractivity contribution in [3.63, 3.8) is 0 Å². The first-order valence-corrected chi connectivity index (χ1v) is 6.81. The number of carbonyl (C=O) groups is 1. The quantitative estimate of drug-likeness (QED) is 0.816. The highest BCUT2D eigenvalue weighted by Crippen LogP contribution is 2.27. The van der Waals surface area contributed by atoms with Gasteiger partial charge >= 0.3 is 0 Å². The van der Waals surface area contributed by atoms with Gasteiger partial charge in [0.1, 0.15) is 0 Å². The molecule has 1 fully saturated rings. The Balaban J connectivity index is 2.17. The maximum atomic E-state index is 12.6. The fourth-order valence-corrected chi connectivity index (χ4v) is 2.33. The van der Waals surface area contributed by atoms with Gasteiger partial charge in [-0.3, -0.25) is 9.78 Å². The molecule has 1 aliphatic carbocycles. The third-order valence-corrected chi connectivity index (χ3v) is 3.65. The summed E-state index contributed by atoms with van der Waals surface area (Å²) in [6.07, 6.45) is 7.21. The van der Waals surface area contributed by atoms with E-state index in [0.29, 0.717) is 24.6 Å². The SMILES string of the molecule is CNc1ccncc1C(=O)N(CCCO)C1CCC1. The summed E-state index contributed by atoms with van der Waals surface area (Å²) in [5.41, 5.74) is 1.41. The first-order valence-electron chi connectivity index (χ1n) is 6.81. The molecule has 0 spiro atoms. The Labute approximate surface area is 113 Å². The molecule has 1 aliphatic rings. The van der Waals surface area contributed by atoms with Gasteiger partial charge in [0.05, 0.1) is 5.56 Å². The van der Waals surface area contributed by atoms with Crippen LogP contribution in [-0.4, -0.2) is 47.1 Å². The largest absolute Gasteiger partial charge is 0.396 e. The Hall–Kier alpha value is -1.62. The zero-order chi connectivity index (χ0) is 13.7. The molecule has 2 rings (SSSR count). The molecule has 0 radical (unpaired) electrons. The summed E-state index contributed by atoms with van der Waals surface area (Å²) in [4.78, 5) is 18.6. The van der Waals surface area contributed by atoms with Gasteiger partial charge in [-0.25, -0.2) is 0 Å². The van der Waals surface area contributed by atoms with E-state index in [1.54, 1.807) is 25.5 Å². The van der Waals surface area contributed by atoms with E-state index in [1.807, 2.05) is 4.90 Å². The van der Waals surface area contributed by atoms with E-state index in [4.69, 9.17) is 5.11 Å². The predicted octanol–water partition coefficient (Wildman–Crippen LogP) is 1.50. The van der Waals surface area contributed by atoms with Crippen molar-refractivity contribution in [1.82, 2.24) is 9.88 Å². The number of hydrogen-bond acceptors (Lipinski definition) is 4. The minimum absolute atomic E-state index is 0.00981. The molecule has 1 aromatic heterocycles. The van der Waals surface area contributed by atoms with Gasteiger partial charge < -0.3 is 15.3 Å². The monoisotopic (exact) mass is 263 g/mol. The minimum Gasteiger partial charge on any atom is -0.396 e. The third-order valence-electron chi connectivity index (χ3n) is 3.65. The second kappa shape index (κ2) is 6.52. The lowest BCUT2D eigenvalue weighted by Crippen LogP contribution is -2.45. The molecule has 1 amide bonds. The predicted molar refractivity (Wildman–Crippen MR) is 74.2 cm³/mol. The van der Waals surface area contributed by atoms with Crippen LogP contribution in [0.5, 0.6) is 0 Å². The van der Waals surface area contributed by atoms with Crippen LogP contribution in [0.3, 0.4) is 0 Å². The number of nitrogens with zero attached hydrogens (tertiary/aromatic N) is 2. The molecule has 19 heavy (non-hydrogen) atoms. The van der Waals surface area contributed by atoms with Gasteiger partial charge in [0.25, 0.3) is 5.91 Å². The molecular formula is C14H21N3O2. The average Bonchev–Trinajstić information content (AvgIpc) is 2.40. The Kier molecular flexibility index (Phi) is 4.74. The Morgan fingerprint density at radius 3 is 2.95 bits per heavy atom. The maximum Gasteiger partial charge on any atom is 0.257 e. The molecule has 104 valence electrons. The van der Waals surface area contributed by atoms with Crippen LogP contribution >= 0.6 is 0 Å². The zero-order valence-electron chi connectivity index (χ0n) is 11.3. The van der Waals surface area contributed by atoms with Crippen LogP contribution in [0.15, 0.2) is 18.5 Å². The van der Waals surface area contributed by atoms with Gasteiger partial charge in [-0.2, -0.15) is 0 Å². The van der Waals surface area contributed by atoms with E-state index in [0.717, 1.165) is 18.5 Å². The van der Waals surface area contributed by atoms with Gasteiger partial charge in [-0.1, -0.05) is 0 Å². The smallest absolute Gasteiger partial charge is 0.257 e. The molecule has 5 nitrogen and oxygen atoms in total. The summed E-state index contributed by atoms with van der Waals surface area (Å²) in [5, 5.41) is 12.0. The number of carbonyl (C=O) groups excluding carboxylic acids is 1. The fourth-order valence-electron chi connectivity index (χ4n) is 2.33. The van der Waals surface area contributed by atoms with E-state index in [-0.39, 0.29) is 12.5 Å². The number of nitrogens with one attached hydrogen (secondary N) is 1. The maximum absolute atomic E-state index is 12.6. The lowest BCUT2D eigenvalue weighted by molar-refractivity contribution is 0.0563. The lowest BCUT2D eigenvalue weighted by atomic mass is 9.90. The zero-order valence-corrected chi connectivity index (χ0v) is 11.3. The third kappa shape index (κ3) is 3.04. The first-order chi connectivity index (χ1) is 9.27. The highest BCUT2D eigenvalue weighted by molar-refractivity contribution is 5.99. The highest BCUT2D eigenvalue weighted by atomic mass is 16.3. The van der Waals surface area contributed by atoms with E-state index in [2.05, 4.69) is 10.3 Å². The number of rotatable bonds is 6. The van der Waals surface area contributed by atoms with Gasteiger partial charge in [0.2, 0.25) is 0 Å². The second-order valence-electron chi connectivity index (χ2n) is 4.83. The molecule has 5 heteroatoms. The number of aromatic nitrogens is 1. The van der Waals surface area contributed by atoms with Gasteiger partial charge in [-0.15, -0.1) is 0 Å². The van der Waals surface area contributed by atoms with E-state index in [9.17, 15) is 4.79 Å². The normalized spacial score (nSPS) is 14.8. The second-order valence-corrected chi connectivity index (χ2v) is 4.83. The number of hydrogen-bond donors (Lipinski definition) is 2. The summed E-state index contributed by atoms with van der Waals surface area (Å²) < 4.78 is 0. The summed E-state index contributed by atoms with van der Waals surface area (Å²) in [6.45, 7) is 0.723. The van der Waals surface area contributed by atoms with Crippen molar-refractivity contribution in [3.8, 4) is 0 Å². The molecule has 0 unspecified atom stereocenters. The van der Waals surface area contributed by atoms with E-state index < -0.39 is 0 Å². The molecule has 0 bridgehead atoms. The van der Waals surface area contributed by atoms with Crippen molar-refractivity contribution in [2.45, 2.75) is 31.7 Å². The molecule has 1 saturated carbocycles. The number of amides is 1. The van der Waals surface area contributed by atoms with E-state index in [1.165, 1.54) is 6.42 Å². The fraction of sp³-hybridized carbons (Fsp3) is 0.571. The molecule has 1 heterocycles. The summed E-state index contributed by atoms with van der Waals surface area (Å²) in [5.74, 6) is 0.00981. The van der Waals surface area contributed by atoms with Crippen molar-refractivity contribution in [2.75, 3.05) is 25.5 Å². The molecule has 2 N–H and O–H groups in total. The highest BCUT2D eigenvalue weighted by Gasteiger charge is 2.29. The number of anilines is 1. The van der Waals surface area contributed by atoms with Crippen LogP contribution in [0.4, 0.5) is 5.69 Å². The summed E-state index contributed by atoms with van der Waals surface area (Å²) in [7, 11) is 1.80. The summed E-state index contributed by atoms with van der Waals surface area (Å²) >= 11 is 0. The topological polar surface area (TPSA) is 65.5 Å². The van der Waals surface area contributed by atoms with Crippen molar-refractivity contribution in [1.29, 1.82) is 0 Å². The number of aliphatic hydroxyl groups is 1.